The number of hydrogen-bond donors (Lipinski definition) is 2. The molecular formula is C10H17N5O. The van der Waals surface area contributed by atoms with Gasteiger partial charge in [0.25, 0.3) is 0 Å². The molecule has 1 amide bonds. The Labute approximate surface area is 94.2 Å². The maximum Gasteiger partial charge on any atom is 0.231 e. The van der Waals surface area contributed by atoms with Crippen LogP contribution in [0.2, 0.25) is 0 Å². The van der Waals surface area contributed by atoms with Crippen molar-refractivity contribution in [2.75, 3.05) is 5.32 Å². The van der Waals surface area contributed by atoms with Gasteiger partial charge in [-0.25, -0.2) is 4.68 Å². The second-order valence-electron chi connectivity index (χ2n) is 4.25. The predicted molar refractivity (Wildman–Crippen MR) is 59.6 cm³/mol. The number of aromatic nitrogens is 3. The van der Waals surface area contributed by atoms with Crippen molar-refractivity contribution in [3.8, 4) is 0 Å². The highest BCUT2D eigenvalue weighted by atomic mass is 16.2. The van der Waals surface area contributed by atoms with Gasteiger partial charge in [-0.1, -0.05) is 12.8 Å². The molecule has 0 aliphatic heterocycles. The molecule has 1 fully saturated rings. The Kier molecular flexibility index (Phi) is 3.19. The monoisotopic (exact) mass is 223 g/mol. The van der Waals surface area contributed by atoms with Crippen LogP contribution in [0.5, 0.6) is 0 Å². The zero-order chi connectivity index (χ0) is 11.5. The largest absolute Gasteiger partial charge is 0.327 e. The maximum absolute atomic E-state index is 12.0. The van der Waals surface area contributed by atoms with E-state index in [1.54, 1.807) is 7.05 Å². The number of amides is 1. The first-order valence-corrected chi connectivity index (χ1v) is 5.59. The Balaban J connectivity index is 2.00. The number of nitrogens with two attached hydrogens (primary N) is 1. The van der Waals surface area contributed by atoms with Crippen molar-refractivity contribution in [2.24, 2.45) is 18.7 Å². The summed E-state index contributed by atoms with van der Waals surface area (Å²) in [6.07, 6.45) is 5.40. The summed E-state index contributed by atoms with van der Waals surface area (Å²) in [7, 11) is 1.74. The van der Waals surface area contributed by atoms with Gasteiger partial charge in [-0.05, 0) is 12.8 Å². The minimum atomic E-state index is -0.0922. The molecule has 1 heterocycles. The summed E-state index contributed by atoms with van der Waals surface area (Å²) in [6, 6.07) is -0.0259. The Hall–Kier alpha value is -1.43. The molecule has 16 heavy (non-hydrogen) atoms. The number of nitrogens with one attached hydrogen (secondary N) is 1. The van der Waals surface area contributed by atoms with E-state index in [4.69, 9.17) is 5.73 Å². The van der Waals surface area contributed by atoms with E-state index in [0.717, 1.165) is 25.7 Å². The van der Waals surface area contributed by atoms with Crippen molar-refractivity contribution in [2.45, 2.75) is 31.7 Å². The molecule has 0 aromatic carbocycles. The van der Waals surface area contributed by atoms with E-state index in [-0.39, 0.29) is 17.9 Å². The minimum absolute atomic E-state index is 0.0259. The first-order valence-electron chi connectivity index (χ1n) is 5.59. The molecule has 0 radical (unpaired) electrons. The molecule has 1 aliphatic carbocycles. The van der Waals surface area contributed by atoms with Gasteiger partial charge < -0.3 is 5.73 Å². The normalized spacial score (nSPS) is 25.4. The summed E-state index contributed by atoms with van der Waals surface area (Å²) in [5.41, 5.74) is 5.94. The number of anilines is 1. The van der Waals surface area contributed by atoms with Gasteiger partial charge in [0, 0.05) is 13.1 Å². The highest BCUT2D eigenvalue weighted by Crippen LogP contribution is 2.23. The minimum Gasteiger partial charge on any atom is -0.327 e. The molecule has 6 heteroatoms. The number of hydrogen-bond acceptors (Lipinski definition) is 4. The summed E-state index contributed by atoms with van der Waals surface area (Å²) in [5, 5.41) is 6.65. The Morgan fingerprint density at radius 3 is 2.94 bits per heavy atom. The zero-order valence-electron chi connectivity index (χ0n) is 9.39. The molecule has 88 valence electrons. The van der Waals surface area contributed by atoms with Crippen LogP contribution in [0.4, 0.5) is 5.95 Å². The lowest BCUT2D eigenvalue weighted by Gasteiger charge is -2.27. The SMILES string of the molecule is Cn1ncnc1NC(=O)C1CCCCC1N. The van der Waals surface area contributed by atoms with E-state index < -0.39 is 0 Å². The topological polar surface area (TPSA) is 85.8 Å². The molecule has 1 aliphatic rings. The van der Waals surface area contributed by atoms with Crippen LogP contribution in [0.3, 0.4) is 0 Å². The molecule has 1 aromatic rings. The van der Waals surface area contributed by atoms with Crippen LogP contribution in [0.25, 0.3) is 0 Å². The first-order chi connectivity index (χ1) is 7.68. The van der Waals surface area contributed by atoms with Crippen molar-refractivity contribution >= 4 is 11.9 Å². The van der Waals surface area contributed by atoms with E-state index >= 15 is 0 Å². The predicted octanol–water partition coefficient (Wildman–Crippen LogP) is 0.271. The number of carbonyl (C=O) groups excluding carboxylic acids is 1. The molecule has 0 saturated heterocycles. The molecule has 1 aromatic heterocycles. The van der Waals surface area contributed by atoms with Crippen LogP contribution in [0.1, 0.15) is 25.7 Å². The van der Waals surface area contributed by atoms with Crippen molar-refractivity contribution in [1.82, 2.24) is 14.8 Å². The van der Waals surface area contributed by atoms with E-state index in [1.165, 1.54) is 11.0 Å². The van der Waals surface area contributed by atoms with Gasteiger partial charge >= 0.3 is 0 Å². The van der Waals surface area contributed by atoms with Gasteiger partial charge in [0.05, 0.1) is 5.92 Å². The van der Waals surface area contributed by atoms with Gasteiger partial charge in [0.1, 0.15) is 6.33 Å². The molecular weight excluding hydrogens is 206 g/mol. The molecule has 6 nitrogen and oxygen atoms in total. The first kappa shape index (κ1) is 11.1. The molecule has 2 atom stereocenters. The average Bonchev–Trinajstić information content (AvgIpc) is 2.65. The lowest BCUT2D eigenvalue weighted by atomic mass is 9.84. The standard InChI is InChI=1S/C10H17N5O/c1-15-10(12-6-13-15)14-9(16)7-4-2-3-5-8(7)11/h6-8H,2-5,11H2,1H3,(H,12,13,14,16). The fraction of sp³-hybridized carbons (Fsp3) is 0.700. The van der Waals surface area contributed by atoms with Crippen molar-refractivity contribution in [3.05, 3.63) is 6.33 Å². The summed E-state index contributed by atoms with van der Waals surface area (Å²) in [5.74, 6) is 0.344. The zero-order valence-corrected chi connectivity index (χ0v) is 9.39. The third kappa shape index (κ3) is 2.21. The lowest BCUT2D eigenvalue weighted by molar-refractivity contribution is -0.121. The van der Waals surface area contributed by atoms with Gasteiger partial charge in [0.2, 0.25) is 11.9 Å². The van der Waals surface area contributed by atoms with E-state index in [0.29, 0.717) is 5.95 Å². The smallest absolute Gasteiger partial charge is 0.231 e. The highest BCUT2D eigenvalue weighted by molar-refractivity contribution is 5.91. The molecule has 3 N–H and O–H groups in total. The van der Waals surface area contributed by atoms with Gasteiger partial charge in [-0.15, -0.1) is 0 Å². The van der Waals surface area contributed by atoms with Crippen LogP contribution < -0.4 is 11.1 Å². The van der Waals surface area contributed by atoms with Gasteiger partial charge in [-0.3, -0.25) is 10.1 Å². The van der Waals surface area contributed by atoms with Crippen LogP contribution in [0.15, 0.2) is 6.33 Å². The Morgan fingerprint density at radius 1 is 1.56 bits per heavy atom. The lowest BCUT2D eigenvalue weighted by Crippen LogP contribution is -2.41. The number of rotatable bonds is 2. The number of aryl methyl sites for hydroxylation is 1. The summed E-state index contributed by atoms with van der Waals surface area (Å²) < 4.78 is 1.53. The fourth-order valence-electron chi connectivity index (χ4n) is 2.10. The second kappa shape index (κ2) is 4.61. The van der Waals surface area contributed by atoms with Crippen LogP contribution >= 0.6 is 0 Å². The third-order valence-corrected chi connectivity index (χ3v) is 3.10. The van der Waals surface area contributed by atoms with Gasteiger partial charge in [0.15, 0.2) is 0 Å². The quantitative estimate of drug-likeness (QED) is 0.753. The fourth-order valence-corrected chi connectivity index (χ4v) is 2.10. The average molecular weight is 223 g/mol. The second-order valence-corrected chi connectivity index (χ2v) is 4.25. The maximum atomic E-state index is 12.0. The molecule has 0 bridgehead atoms. The van der Waals surface area contributed by atoms with Crippen LogP contribution in [-0.2, 0) is 11.8 Å². The molecule has 2 rings (SSSR count). The number of nitrogens with zero attached hydrogens (tertiary/aromatic N) is 3. The van der Waals surface area contributed by atoms with E-state index in [2.05, 4.69) is 15.4 Å². The summed E-state index contributed by atoms with van der Waals surface area (Å²) in [4.78, 5) is 15.9. The summed E-state index contributed by atoms with van der Waals surface area (Å²) in [6.45, 7) is 0. The summed E-state index contributed by atoms with van der Waals surface area (Å²) >= 11 is 0. The van der Waals surface area contributed by atoms with Crippen LogP contribution in [-0.4, -0.2) is 26.7 Å². The Bertz CT molecular complexity index is 375. The van der Waals surface area contributed by atoms with Crippen molar-refractivity contribution in [1.29, 1.82) is 0 Å². The highest BCUT2D eigenvalue weighted by Gasteiger charge is 2.28. The molecule has 1 saturated carbocycles. The van der Waals surface area contributed by atoms with E-state index in [9.17, 15) is 4.79 Å². The Morgan fingerprint density at radius 2 is 2.31 bits per heavy atom. The van der Waals surface area contributed by atoms with Crippen molar-refractivity contribution < 1.29 is 4.79 Å². The third-order valence-electron chi connectivity index (χ3n) is 3.10. The molecule has 2 unspecified atom stereocenters. The van der Waals surface area contributed by atoms with Crippen LogP contribution in [0, 0.1) is 5.92 Å². The molecule has 0 spiro atoms. The van der Waals surface area contributed by atoms with Crippen molar-refractivity contribution in [3.63, 3.8) is 0 Å². The van der Waals surface area contributed by atoms with E-state index in [1.807, 2.05) is 0 Å². The number of carbonyl (C=O) groups is 1. The van der Waals surface area contributed by atoms with Gasteiger partial charge in [-0.2, -0.15) is 10.1 Å².